The molecule has 1 aliphatic rings. The molecule has 86 valence electrons. The van der Waals surface area contributed by atoms with Crippen molar-refractivity contribution in [3.63, 3.8) is 0 Å². The van der Waals surface area contributed by atoms with Gasteiger partial charge in [-0.15, -0.1) is 11.3 Å². The van der Waals surface area contributed by atoms with Gasteiger partial charge in [0.15, 0.2) is 0 Å². The average Bonchev–Trinajstić information content (AvgIpc) is 2.93. The maximum atomic E-state index is 11.7. The van der Waals surface area contributed by atoms with Gasteiger partial charge in [-0.2, -0.15) is 5.10 Å². The molecule has 0 saturated carbocycles. The van der Waals surface area contributed by atoms with Gasteiger partial charge >= 0.3 is 0 Å². The van der Waals surface area contributed by atoms with Crippen LogP contribution in [-0.2, 0) is 13.0 Å². The summed E-state index contributed by atoms with van der Waals surface area (Å²) in [4.78, 5) is 17.2. The van der Waals surface area contributed by atoms with E-state index < -0.39 is 0 Å². The highest BCUT2D eigenvalue weighted by molar-refractivity contribution is 7.09. The zero-order valence-electron chi connectivity index (χ0n) is 9.36. The molecule has 4 nitrogen and oxygen atoms in total. The minimum atomic E-state index is -0.131. The van der Waals surface area contributed by atoms with Crippen LogP contribution in [0.1, 0.15) is 28.6 Å². The molecule has 1 N–H and O–H groups in total. The molecule has 0 atom stereocenters. The fraction of sp³-hybridized carbons (Fsp3) is 0.250. The van der Waals surface area contributed by atoms with E-state index in [0.29, 0.717) is 12.1 Å². The molecule has 2 aromatic heterocycles. The summed E-state index contributed by atoms with van der Waals surface area (Å²) in [7, 11) is 0. The topological polar surface area (TPSA) is 58.1 Å². The first-order valence-corrected chi connectivity index (χ1v) is 6.28. The zero-order chi connectivity index (χ0) is 11.8. The molecule has 0 saturated heterocycles. The summed E-state index contributed by atoms with van der Waals surface area (Å²) in [6.45, 7) is 2.45. The van der Waals surface area contributed by atoms with Crippen molar-refractivity contribution in [2.75, 3.05) is 0 Å². The van der Waals surface area contributed by atoms with Crippen LogP contribution in [0.15, 0.2) is 27.3 Å². The number of fused-ring (bicyclic) bond motifs is 1. The zero-order valence-corrected chi connectivity index (χ0v) is 10.2. The van der Waals surface area contributed by atoms with Crippen LogP contribution < -0.4 is 5.56 Å². The molecule has 0 aliphatic carbocycles. The summed E-state index contributed by atoms with van der Waals surface area (Å²) in [5.74, 6) is 0. The van der Waals surface area contributed by atoms with Crippen LogP contribution in [0.5, 0.6) is 0 Å². The van der Waals surface area contributed by atoms with Crippen molar-refractivity contribution in [3.8, 4) is 0 Å². The van der Waals surface area contributed by atoms with Gasteiger partial charge in [-0.3, -0.25) is 9.79 Å². The first-order valence-electron chi connectivity index (χ1n) is 5.40. The van der Waals surface area contributed by atoms with Gasteiger partial charge < -0.3 is 0 Å². The average molecular weight is 245 g/mol. The van der Waals surface area contributed by atoms with Gasteiger partial charge in [0.25, 0.3) is 5.56 Å². The van der Waals surface area contributed by atoms with Crippen LogP contribution in [0.4, 0.5) is 0 Å². The summed E-state index contributed by atoms with van der Waals surface area (Å²) < 4.78 is 0. The molecule has 0 unspecified atom stereocenters. The van der Waals surface area contributed by atoms with Crippen LogP contribution in [0.2, 0.25) is 0 Å². The molecule has 2 aromatic rings. The number of aliphatic imine (C=N–C) groups is 1. The van der Waals surface area contributed by atoms with Gasteiger partial charge in [0.1, 0.15) is 0 Å². The molecule has 3 rings (SSSR count). The van der Waals surface area contributed by atoms with Crippen LogP contribution in [0, 0.1) is 0 Å². The monoisotopic (exact) mass is 245 g/mol. The molecule has 1 aliphatic heterocycles. The van der Waals surface area contributed by atoms with Gasteiger partial charge in [-0.25, -0.2) is 5.10 Å². The number of rotatable bonds is 2. The van der Waals surface area contributed by atoms with Crippen LogP contribution >= 0.6 is 11.3 Å². The summed E-state index contributed by atoms with van der Waals surface area (Å²) in [5.41, 5.74) is 3.32. The van der Waals surface area contributed by atoms with E-state index >= 15 is 0 Å². The van der Waals surface area contributed by atoms with Crippen molar-refractivity contribution in [3.05, 3.63) is 49.6 Å². The van der Waals surface area contributed by atoms with E-state index in [1.165, 1.54) is 4.88 Å². The Bertz CT molecular complexity index is 640. The molecule has 17 heavy (non-hydrogen) atoms. The molecule has 0 amide bonds. The predicted octanol–water partition coefficient (Wildman–Crippen LogP) is 1.74. The predicted molar refractivity (Wildman–Crippen MR) is 67.9 cm³/mol. The molecule has 5 heteroatoms. The highest BCUT2D eigenvalue weighted by atomic mass is 32.1. The summed E-state index contributed by atoms with van der Waals surface area (Å²) in [6, 6.07) is 4.10. The molecule has 0 bridgehead atoms. The lowest BCUT2D eigenvalue weighted by Gasteiger charge is -2.04. The lowest BCUT2D eigenvalue weighted by molar-refractivity contribution is 0.878. The Kier molecular flexibility index (Phi) is 2.40. The van der Waals surface area contributed by atoms with Crippen molar-refractivity contribution in [2.24, 2.45) is 4.99 Å². The van der Waals surface area contributed by atoms with Gasteiger partial charge in [0.2, 0.25) is 0 Å². The minimum Gasteiger partial charge on any atom is -0.284 e. The van der Waals surface area contributed by atoms with Crippen molar-refractivity contribution in [1.29, 1.82) is 0 Å². The number of aromatic amines is 1. The Morgan fingerprint density at radius 1 is 1.53 bits per heavy atom. The van der Waals surface area contributed by atoms with Crippen LogP contribution in [-0.4, -0.2) is 15.9 Å². The second kappa shape index (κ2) is 3.92. The molecule has 0 spiro atoms. The molecular formula is C12H11N3OS. The van der Waals surface area contributed by atoms with Gasteiger partial charge in [-0.1, -0.05) is 6.07 Å². The van der Waals surface area contributed by atoms with E-state index in [-0.39, 0.29) is 5.56 Å². The lowest BCUT2D eigenvalue weighted by atomic mass is 10.1. The number of H-pyrrole nitrogens is 1. The Morgan fingerprint density at radius 3 is 3.18 bits per heavy atom. The van der Waals surface area contributed by atoms with E-state index in [2.05, 4.69) is 21.3 Å². The Hall–Kier alpha value is -1.75. The SMILES string of the molecule is CC1=NCc2c(Cc3cccs3)n[nH]c(=O)c21. The van der Waals surface area contributed by atoms with E-state index in [1.54, 1.807) is 11.3 Å². The summed E-state index contributed by atoms with van der Waals surface area (Å²) in [5, 5.41) is 8.76. The molecule has 3 heterocycles. The first kappa shape index (κ1) is 10.4. The standard InChI is InChI=1S/C12H11N3OS/c1-7-11-9(6-13-7)10(14-15-12(11)16)5-8-3-2-4-17-8/h2-4H,5-6H2,1H3,(H,15,16). The van der Waals surface area contributed by atoms with Gasteiger partial charge in [0, 0.05) is 22.6 Å². The lowest BCUT2D eigenvalue weighted by Crippen LogP contribution is -2.20. The summed E-state index contributed by atoms with van der Waals surface area (Å²) in [6.07, 6.45) is 0.763. The molecular weight excluding hydrogens is 234 g/mol. The smallest absolute Gasteiger partial charge is 0.273 e. The second-order valence-corrected chi connectivity index (χ2v) is 5.04. The van der Waals surface area contributed by atoms with Crippen molar-refractivity contribution < 1.29 is 0 Å². The Morgan fingerprint density at radius 2 is 2.41 bits per heavy atom. The molecule has 0 radical (unpaired) electrons. The van der Waals surface area contributed by atoms with Crippen molar-refractivity contribution in [1.82, 2.24) is 10.2 Å². The highest BCUT2D eigenvalue weighted by Crippen LogP contribution is 2.21. The number of hydrogen-bond acceptors (Lipinski definition) is 4. The van der Waals surface area contributed by atoms with E-state index in [4.69, 9.17) is 0 Å². The quantitative estimate of drug-likeness (QED) is 0.876. The van der Waals surface area contributed by atoms with Crippen LogP contribution in [0.25, 0.3) is 0 Å². The van der Waals surface area contributed by atoms with Gasteiger partial charge in [-0.05, 0) is 18.4 Å². The van der Waals surface area contributed by atoms with E-state index in [1.807, 2.05) is 18.4 Å². The first-order chi connectivity index (χ1) is 8.25. The number of thiophene rings is 1. The number of hydrogen-bond donors (Lipinski definition) is 1. The second-order valence-electron chi connectivity index (χ2n) is 4.01. The Labute approximate surface area is 102 Å². The van der Waals surface area contributed by atoms with Crippen molar-refractivity contribution in [2.45, 2.75) is 19.9 Å². The largest absolute Gasteiger partial charge is 0.284 e. The maximum absolute atomic E-state index is 11.7. The molecule has 0 aromatic carbocycles. The third kappa shape index (κ3) is 1.72. The van der Waals surface area contributed by atoms with Gasteiger partial charge in [0.05, 0.1) is 17.8 Å². The number of nitrogens with zero attached hydrogens (tertiary/aromatic N) is 2. The fourth-order valence-corrected chi connectivity index (χ4v) is 2.79. The molecule has 0 fully saturated rings. The fourth-order valence-electron chi connectivity index (χ4n) is 2.08. The third-order valence-corrected chi connectivity index (χ3v) is 3.80. The number of nitrogens with one attached hydrogen (secondary N) is 1. The van der Waals surface area contributed by atoms with Crippen LogP contribution in [0.3, 0.4) is 0 Å². The minimum absolute atomic E-state index is 0.131. The third-order valence-electron chi connectivity index (χ3n) is 2.93. The number of aromatic nitrogens is 2. The van der Waals surface area contributed by atoms with E-state index in [0.717, 1.165) is 23.4 Å². The normalized spacial score (nSPS) is 13.6. The van der Waals surface area contributed by atoms with E-state index in [9.17, 15) is 4.79 Å². The highest BCUT2D eigenvalue weighted by Gasteiger charge is 2.20. The van der Waals surface area contributed by atoms with Crippen molar-refractivity contribution >= 4 is 17.0 Å². The maximum Gasteiger partial charge on any atom is 0.273 e. The summed E-state index contributed by atoms with van der Waals surface area (Å²) >= 11 is 1.70. The Balaban J connectivity index is 2.07.